The molecule has 0 radical (unpaired) electrons. The number of aromatic nitrogens is 4. The number of aryl methyl sites for hydroxylation is 1. The third kappa shape index (κ3) is 3.15. The summed E-state index contributed by atoms with van der Waals surface area (Å²) in [6, 6.07) is 0. The molecule has 0 aromatic carbocycles. The maximum absolute atomic E-state index is 10.00. The van der Waals surface area contributed by atoms with Crippen LogP contribution in [0.4, 0.5) is 17.5 Å². The Bertz CT molecular complexity index is 836. The highest BCUT2D eigenvalue weighted by Crippen LogP contribution is 2.53. The average Bonchev–Trinajstić information content (AvgIpc) is 3.17. The van der Waals surface area contributed by atoms with Gasteiger partial charge in [-0.2, -0.15) is 10.1 Å². The van der Waals surface area contributed by atoms with E-state index in [4.69, 9.17) is 11.6 Å². The molecular weight excluding hydrogens is 366 g/mol. The highest BCUT2D eigenvalue weighted by Gasteiger charge is 2.58. The van der Waals surface area contributed by atoms with E-state index in [2.05, 4.69) is 44.0 Å². The van der Waals surface area contributed by atoms with Crippen LogP contribution in [-0.4, -0.2) is 62.2 Å². The quantitative estimate of drug-likeness (QED) is 0.825. The van der Waals surface area contributed by atoms with E-state index in [-0.39, 0.29) is 10.8 Å². The summed E-state index contributed by atoms with van der Waals surface area (Å²) >= 11 is 6.45. The third-order valence-corrected chi connectivity index (χ3v) is 6.42. The summed E-state index contributed by atoms with van der Waals surface area (Å²) in [5.74, 6) is 1.25. The summed E-state index contributed by atoms with van der Waals surface area (Å²) < 4.78 is 1.72. The Morgan fingerprint density at radius 3 is 2.41 bits per heavy atom. The van der Waals surface area contributed by atoms with E-state index in [0.29, 0.717) is 11.0 Å². The maximum atomic E-state index is 10.00. The number of anilines is 3. The summed E-state index contributed by atoms with van der Waals surface area (Å²) in [4.78, 5) is 13.4. The Morgan fingerprint density at radius 1 is 1.19 bits per heavy atom. The minimum Gasteiger partial charge on any atom is -0.379 e. The fourth-order valence-electron chi connectivity index (χ4n) is 4.38. The molecule has 4 heterocycles. The zero-order chi connectivity index (χ0) is 19.4. The van der Waals surface area contributed by atoms with Gasteiger partial charge >= 0.3 is 0 Å². The molecule has 2 aromatic heterocycles. The second-order valence-corrected chi connectivity index (χ2v) is 8.81. The molecule has 3 atom stereocenters. The molecule has 0 bridgehead atoms. The van der Waals surface area contributed by atoms with Crippen LogP contribution in [0.15, 0.2) is 18.6 Å². The number of hydrogen-bond acceptors (Lipinski definition) is 7. The number of halogens is 1. The molecule has 0 spiro atoms. The van der Waals surface area contributed by atoms with Gasteiger partial charge in [0.2, 0.25) is 5.95 Å². The number of aliphatic hydroxyl groups is 1. The normalized spacial score (nSPS) is 29.2. The van der Waals surface area contributed by atoms with E-state index < -0.39 is 6.23 Å². The van der Waals surface area contributed by atoms with Crippen molar-refractivity contribution in [2.75, 3.05) is 36.4 Å². The molecule has 146 valence electrons. The fraction of sp³-hybridized carbons (Fsp3) is 0.611. The molecular formula is C18H26ClN7O. The zero-order valence-electron chi connectivity index (χ0n) is 16.1. The number of fused-ring (bicyclic) bond motifs is 1. The zero-order valence-corrected chi connectivity index (χ0v) is 16.9. The lowest BCUT2D eigenvalue weighted by Gasteiger charge is -2.30. The lowest BCUT2D eigenvalue weighted by Crippen LogP contribution is -2.37. The van der Waals surface area contributed by atoms with Gasteiger partial charge in [0.15, 0.2) is 5.82 Å². The smallest absolute Gasteiger partial charge is 0.229 e. The molecule has 2 aromatic rings. The van der Waals surface area contributed by atoms with Crippen molar-refractivity contribution in [1.29, 1.82) is 0 Å². The van der Waals surface area contributed by atoms with Crippen molar-refractivity contribution >= 4 is 29.1 Å². The minimum absolute atomic E-state index is 0.0647. The Hall–Kier alpha value is -1.90. The Kier molecular flexibility index (Phi) is 4.32. The van der Waals surface area contributed by atoms with Gasteiger partial charge in [0, 0.05) is 50.3 Å². The number of aliphatic hydroxyl groups excluding tert-OH is 1. The van der Waals surface area contributed by atoms with Crippen molar-refractivity contribution in [1.82, 2.24) is 24.6 Å². The minimum atomic E-state index is -0.421. The van der Waals surface area contributed by atoms with Gasteiger partial charge in [0.25, 0.3) is 0 Å². The van der Waals surface area contributed by atoms with Crippen molar-refractivity contribution in [2.45, 2.75) is 27.0 Å². The summed E-state index contributed by atoms with van der Waals surface area (Å²) in [7, 11) is 1.86. The Labute approximate surface area is 164 Å². The predicted octanol–water partition coefficient (Wildman–Crippen LogP) is 2.09. The molecule has 2 saturated heterocycles. The fourth-order valence-corrected chi connectivity index (χ4v) is 4.59. The van der Waals surface area contributed by atoms with Crippen molar-refractivity contribution in [2.24, 2.45) is 17.9 Å². The van der Waals surface area contributed by atoms with Crippen LogP contribution in [0.3, 0.4) is 0 Å². The van der Waals surface area contributed by atoms with E-state index in [1.807, 2.05) is 20.2 Å². The van der Waals surface area contributed by atoms with Gasteiger partial charge in [-0.15, -0.1) is 0 Å². The second kappa shape index (κ2) is 6.32. The van der Waals surface area contributed by atoms with Gasteiger partial charge in [-0.25, -0.2) is 4.98 Å². The SMILES string of the molecule is CC(O)N1C[C@]2(C)CN(c3nc(Nc4cnn(C)c4)ncc3Cl)C[C@]2(C)C1. The molecule has 2 aliphatic heterocycles. The monoisotopic (exact) mass is 391 g/mol. The lowest BCUT2D eigenvalue weighted by atomic mass is 9.71. The van der Waals surface area contributed by atoms with E-state index in [1.165, 1.54) is 0 Å². The van der Waals surface area contributed by atoms with Gasteiger partial charge < -0.3 is 15.3 Å². The first-order chi connectivity index (χ1) is 12.7. The van der Waals surface area contributed by atoms with Crippen LogP contribution in [0.25, 0.3) is 0 Å². The Balaban J connectivity index is 1.57. The first kappa shape index (κ1) is 18.5. The molecule has 1 unspecified atom stereocenters. The molecule has 2 N–H and O–H groups in total. The van der Waals surface area contributed by atoms with Crippen LogP contribution >= 0.6 is 11.6 Å². The van der Waals surface area contributed by atoms with Crippen LogP contribution in [0.2, 0.25) is 5.02 Å². The molecule has 2 fully saturated rings. The second-order valence-electron chi connectivity index (χ2n) is 8.41. The van der Waals surface area contributed by atoms with Crippen molar-refractivity contribution in [3.05, 3.63) is 23.6 Å². The van der Waals surface area contributed by atoms with Crippen LogP contribution in [0.5, 0.6) is 0 Å². The first-order valence-electron chi connectivity index (χ1n) is 9.14. The summed E-state index contributed by atoms with van der Waals surface area (Å²) in [6.45, 7) is 9.83. The van der Waals surface area contributed by atoms with Crippen LogP contribution in [0, 0.1) is 10.8 Å². The maximum Gasteiger partial charge on any atom is 0.229 e. The molecule has 9 heteroatoms. The average molecular weight is 392 g/mol. The standard InChI is InChI=1S/C18H26ClN7O/c1-12(27)25-8-17(2)10-26(11-18(17,3)9-25)15-14(19)6-20-16(23-15)22-13-5-21-24(4)7-13/h5-7,12,27H,8-11H2,1-4H3,(H,20,22,23)/t12?,17-,18+. The van der Waals surface area contributed by atoms with E-state index in [9.17, 15) is 5.11 Å². The molecule has 0 amide bonds. The summed E-state index contributed by atoms with van der Waals surface area (Å²) in [5, 5.41) is 17.9. The molecule has 8 nitrogen and oxygen atoms in total. The number of nitrogens with zero attached hydrogens (tertiary/aromatic N) is 6. The number of hydrogen-bond donors (Lipinski definition) is 2. The molecule has 0 saturated carbocycles. The molecule has 2 aliphatic rings. The highest BCUT2D eigenvalue weighted by molar-refractivity contribution is 6.32. The van der Waals surface area contributed by atoms with Crippen LogP contribution in [0.1, 0.15) is 20.8 Å². The molecule has 27 heavy (non-hydrogen) atoms. The molecule has 0 aliphatic carbocycles. The molecule has 4 rings (SSSR count). The summed E-state index contributed by atoms with van der Waals surface area (Å²) in [5.41, 5.74) is 0.959. The number of likely N-dealkylation sites (tertiary alicyclic amines) is 1. The van der Waals surface area contributed by atoms with Crippen molar-refractivity contribution < 1.29 is 5.11 Å². The van der Waals surface area contributed by atoms with E-state index >= 15 is 0 Å². The first-order valence-corrected chi connectivity index (χ1v) is 9.52. The summed E-state index contributed by atoms with van der Waals surface area (Å²) in [6.07, 6.45) is 4.81. The van der Waals surface area contributed by atoms with Crippen molar-refractivity contribution in [3.63, 3.8) is 0 Å². The largest absolute Gasteiger partial charge is 0.379 e. The van der Waals surface area contributed by atoms with Gasteiger partial charge in [-0.3, -0.25) is 9.58 Å². The number of nitrogens with one attached hydrogen (secondary N) is 1. The highest BCUT2D eigenvalue weighted by atomic mass is 35.5. The Morgan fingerprint density at radius 2 is 1.85 bits per heavy atom. The topological polar surface area (TPSA) is 82.3 Å². The van der Waals surface area contributed by atoms with Gasteiger partial charge in [0.1, 0.15) is 11.3 Å². The van der Waals surface area contributed by atoms with Crippen LogP contribution in [-0.2, 0) is 7.05 Å². The number of rotatable bonds is 4. The van der Waals surface area contributed by atoms with Crippen LogP contribution < -0.4 is 10.2 Å². The van der Waals surface area contributed by atoms with Crippen molar-refractivity contribution in [3.8, 4) is 0 Å². The predicted molar refractivity (Wildman–Crippen MR) is 105 cm³/mol. The van der Waals surface area contributed by atoms with Gasteiger partial charge in [-0.05, 0) is 6.92 Å². The van der Waals surface area contributed by atoms with E-state index in [0.717, 1.165) is 37.7 Å². The van der Waals surface area contributed by atoms with Gasteiger partial charge in [0.05, 0.1) is 18.1 Å². The lowest BCUT2D eigenvalue weighted by molar-refractivity contribution is 0.0265. The van der Waals surface area contributed by atoms with Gasteiger partial charge in [-0.1, -0.05) is 25.4 Å². The van der Waals surface area contributed by atoms with E-state index in [1.54, 1.807) is 17.1 Å². The third-order valence-electron chi connectivity index (χ3n) is 6.16.